The Labute approximate surface area is 126 Å². The van der Waals surface area contributed by atoms with Gasteiger partial charge in [0.2, 0.25) is 0 Å². The standard InChI is InChI=1S/C14H15FN4O3/c1-21-12-4-2-3-9(13(12)15)14(20)17-10-7-22-8-11(10)19-6-5-16-18-19/h2-6,10-11H,7-8H2,1H3,(H,17,20)/t10-,11+/m0/s1. The molecule has 1 N–H and O–H groups in total. The largest absolute Gasteiger partial charge is 0.494 e. The summed E-state index contributed by atoms with van der Waals surface area (Å²) in [5.74, 6) is -1.17. The molecule has 22 heavy (non-hydrogen) atoms. The van der Waals surface area contributed by atoms with Gasteiger partial charge in [0.25, 0.3) is 5.91 Å². The lowest BCUT2D eigenvalue weighted by molar-refractivity contribution is 0.0920. The molecule has 2 atom stereocenters. The number of nitrogens with zero attached hydrogens (tertiary/aromatic N) is 3. The van der Waals surface area contributed by atoms with Gasteiger partial charge < -0.3 is 14.8 Å². The molecule has 0 saturated carbocycles. The zero-order chi connectivity index (χ0) is 15.5. The number of aromatic nitrogens is 3. The molecule has 0 bridgehead atoms. The summed E-state index contributed by atoms with van der Waals surface area (Å²) < 4.78 is 26.0. The molecular weight excluding hydrogens is 291 g/mol. The zero-order valence-corrected chi connectivity index (χ0v) is 11.9. The van der Waals surface area contributed by atoms with Crippen molar-refractivity contribution in [3.05, 3.63) is 42.0 Å². The van der Waals surface area contributed by atoms with Crippen LogP contribution in [0.15, 0.2) is 30.6 Å². The molecule has 7 nitrogen and oxygen atoms in total. The van der Waals surface area contributed by atoms with E-state index in [0.717, 1.165) is 0 Å². The molecule has 1 aromatic carbocycles. The van der Waals surface area contributed by atoms with E-state index in [1.807, 2.05) is 0 Å². The quantitative estimate of drug-likeness (QED) is 0.904. The summed E-state index contributed by atoms with van der Waals surface area (Å²) >= 11 is 0. The van der Waals surface area contributed by atoms with E-state index in [1.54, 1.807) is 23.1 Å². The Morgan fingerprint density at radius 3 is 3.09 bits per heavy atom. The van der Waals surface area contributed by atoms with Gasteiger partial charge in [0.1, 0.15) is 0 Å². The van der Waals surface area contributed by atoms with Crippen LogP contribution in [0.2, 0.25) is 0 Å². The van der Waals surface area contributed by atoms with Crippen molar-refractivity contribution in [3.63, 3.8) is 0 Å². The minimum atomic E-state index is -0.682. The van der Waals surface area contributed by atoms with Crippen LogP contribution in [0, 0.1) is 5.82 Å². The van der Waals surface area contributed by atoms with Crippen LogP contribution >= 0.6 is 0 Å². The first-order valence-corrected chi connectivity index (χ1v) is 6.77. The van der Waals surface area contributed by atoms with Gasteiger partial charge in [0.15, 0.2) is 11.6 Å². The maximum atomic E-state index is 14.1. The van der Waals surface area contributed by atoms with E-state index in [0.29, 0.717) is 13.2 Å². The molecule has 1 aliphatic rings. The van der Waals surface area contributed by atoms with Crippen LogP contribution in [0.5, 0.6) is 5.75 Å². The van der Waals surface area contributed by atoms with Crippen LogP contribution in [-0.4, -0.2) is 47.3 Å². The first-order valence-electron chi connectivity index (χ1n) is 6.77. The topological polar surface area (TPSA) is 78.3 Å². The fraction of sp³-hybridized carbons (Fsp3) is 0.357. The molecule has 0 aliphatic carbocycles. The van der Waals surface area contributed by atoms with Crippen molar-refractivity contribution in [1.29, 1.82) is 0 Å². The van der Waals surface area contributed by atoms with Crippen LogP contribution in [0.25, 0.3) is 0 Å². The lowest BCUT2D eigenvalue weighted by atomic mass is 10.1. The molecule has 2 aromatic rings. The van der Waals surface area contributed by atoms with Crippen LogP contribution in [0.1, 0.15) is 16.4 Å². The number of benzene rings is 1. The number of hydrogen-bond donors (Lipinski definition) is 1. The molecular formula is C14H15FN4O3. The Morgan fingerprint density at radius 1 is 1.50 bits per heavy atom. The van der Waals surface area contributed by atoms with Crippen LogP contribution in [-0.2, 0) is 4.74 Å². The number of nitrogens with one attached hydrogen (secondary N) is 1. The van der Waals surface area contributed by atoms with Crippen LogP contribution < -0.4 is 10.1 Å². The maximum Gasteiger partial charge on any atom is 0.254 e. The smallest absolute Gasteiger partial charge is 0.254 e. The van der Waals surface area contributed by atoms with E-state index in [9.17, 15) is 9.18 Å². The van der Waals surface area contributed by atoms with Crippen molar-refractivity contribution in [2.45, 2.75) is 12.1 Å². The Morgan fingerprint density at radius 2 is 2.36 bits per heavy atom. The predicted molar refractivity (Wildman–Crippen MR) is 74.1 cm³/mol. The third-order valence-electron chi connectivity index (χ3n) is 3.58. The second kappa shape index (κ2) is 6.10. The van der Waals surface area contributed by atoms with Gasteiger partial charge in [-0.15, -0.1) is 5.10 Å². The third-order valence-corrected chi connectivity index (χ3v) is 3.58. The highest BCUT2D eigenvalue weighted by Gasteiger charge is 2.32. The normalized spacial score (nSPS) is 20.8. The average Bonchev–Trinajstić information content (AvgIpc) is 3.18. The summed E-state index contributed by atoms with van der Waals surface area (Å²) in [5, 5.41) is 10.4. The molecule has 2 heterocycles. The van der Waals surface area contributed by atoms with Gasteiger partial charge in [0, 0.05) is 6.20 Å². The second-order valence-corrected chi connectivity index (χ2v) is 4.89. The summed E-state index contributed by atoms with van der Waals surface area (Å²) in [6.07, 6.45) is 3.25. The summed E-state index contributed by atoms with van der Waals surface area (Å²) in [4.78, 5) is 12.3. The van der Waals surface area contributed by atoms with E-state index in [-0.39, 0.29) is 23.4 Å². The number of methoxy groups -OCH3 is 1. The van der Waals surface area contributed by atoms with E-state index in [1.165, 1.54) is 19.2 Å². The van der Waals surface area contributed by atoms with E-state index in [2.05, 4.69) is 15.6 Å². The van der Waals surface area contributed by atoms with E-state index >= 15 is 0 Å². The molecule has 1 aliphatic heterocycles. The summed E-state index contributed by atoms with van der Waals surface area (Å²) in [6, 6.07) is 3.97. The number of hydrogen-bond acceptors (Lipinski definition) is 5. The third kappa shape index (κ3) is 2.64. The van der Waals surface area contributed by atoms with Gasteiger partial charge in [-0.05, 0) is 12.1 Å². The molecule has 8 heteroatoms. The Balaban J connectivity index is 1.77. The predicted octanol–water partition coefficient (Wildman–Crippen LogP) is 0.796. The number of carbonyl (C=O) groups excluding carboxylic acids is 1. The highest BCUT2D eigenvalue weighted by atomic mass is 19.1. The Bertz CT molecular complexity index is 662. The van der Waals surface area contributed by atoms with Crippen molar-refractivity contribution >= 4 is 5.91 Å². The number of halogens is 1. The van der Waals surface area contributed by atoms with Crippen molar-refractivity contribution in [2.75, 3.05) is 20.3 Å². The monoisotopic (exact) mass is 306 g/mol. The van der Waals surface area contributed by atoms with Gasteiger partial charge >= 0.3 is 0 Å². The molecule has 116 valence electrons. The molecule has 0 unspecified atom stereocenters. The van der Waals surface area contributed by atoms with Gasteiger partial charge in [0.05, 0.1) is 44.2 Å². The summed E-state index contributed by atoms with van der Waals surface area (Å²) in [5.41, 5.74) is -0.0661. The number of rotatable bonds is 4. The highest BCUT2D eigenvalue weighted by molar-refractivity contribution is 5.95. The molecule has 0 radical (unpaired) electrons. The maximum absolute atomic E-state index is 14.1. The molecule has 1 amide bonds. The fourth-order valence-corrected chi connectivity index (χ4v) is 2.43. The fourth-order valence-electron chi connectivity index (χ4n) is 2.43. The number of amides is 1. The van der Waals surface area contributed by atoms with Gasteiger partial charge in [-0.3, -0.25) is 4.79 Å². The summed E-state index contributed by atoms with van der Waals surface area (Å²) in [6.45, 7) is 0.747. The Kier molecular flexibility index (Phi) is 4.01. The number of ether oxygens (including phenoxy) is 2. The van der Waals surface area contributed by atoms with Gasteiger partial charge in [-0.1, -0.05) is 11.3 Å². The highest BCUT2D eigenvalue weighted by Crippen LogP contribution is 2.22. The van der Waals surface area contributed by atoms with Gasteiger partial charge in [-0.25, -0.2) is 9.07 Å². The van der Waals surface area contributed by atoms with Crippen LogP contribution in [0.3, 0.4) is 0 Å². The van der Waals surface area contributed by atoms with E-state index < -0.39 is 11.7 Å². The van der Waals surface area contributed by atoms with Crippen molar-refractivity contribution in [3.8, 4) is 5.75 Å². The van der Waals surface area contributed by atoms with E-state index in [4.69, 9.17) is 9.47 Å². The first-order chi connectivity index (χ1) is 10.7. The van der Waals surface area contributed by atoms with Crippen LogP contribution in [0.4, 0.5) is 4.39 Å². The lowest BCUT2D eigenvalue weighted by Gasteiger charge is -2.19. The summed E-state index contributed by atoms with van der Waals surface area (Å²) in [7, 11) is 1.35. The molecule has 1 fully saturated rings. The minimum absolute atomic E-state index is 0.0307. The van der Waals surface area contributed by atoms with Crippen molar-refractivity contribution in [2.24, 2.45) is 0 Å². The molecule has 1 saturated heterocycles. The average molecular weight is 306 g/mol. The Hall–Kier alpha value is -2.48. The lowest BCUT2D eigenvalue weighted by Crippen LogP contribution is -2.41. The molecule has 0 spiro atoms. The molecule has 1 aromatic heterocycles. The van der Waals surface area contributed by atoms with Crippen molar-refractivity contribution < 1.29 is 18.7 Å². The minimum Gasteiger partial charge on any atom is -0.494 e. The zero-order valence-electron chi connectivity index (χ0n) is 11.9. The van der Waals surface area contributed by atoms with Crippen molar-refractivity contribution in [1.82, 2.24) is 20.3 Å². The van der Waals surface area contributed by atoms with Gasteiger partial charge in [-0.2, -0.15) is 0 Å². The molecule has 3 rings (SSSR count). The second-order valence-electron chi connectivity index (χ2n) is 4.89. The number of carbonyl (C=O) groups is 1. The first kappa shape index (κ1) is 14.5. The SMILES string of the molecule is COc1cccc(C(=O)N[C@H]2COC[C@H]2n2ccnn2)c1F.